The van der Waals surface area contributed by atoms with Crippen LogP contribution in [0.15, 0.2) is 55.1 Å². The van der Waals surface area contributed by atoms with Crippen molar-refractivity contribution in [3.05, 3.63) is 81.9 Å². The summed E-state index contributed by atoms with van der Waals surface area (Å²) in [6.07, 6.45) is 0.667. The maximum atomic E-state index is 13.3. The summed E-state index contributed by atoms with van der Waals surface area (Å²) in [6, 6.07) is 8.18. The number of non-ortho nitro benzene ring substituents is 1. The van der Waals surface area contributed by atoms with Crippen LogP contribution in [0.4, 0.5) is 16.2 Å². The van der Waals surface area contributed by atoms with E-state index in [4.69, 9.17) is 15.2 Å². The SMILES string of the molecule is C=CCOC(=O)c1cc(NC(=O)C2CC(SC(C)=O)CN2C(=O)OCc2ccc([N+](=O)[O-])cc2)cc(C(N)=O)c1. The minimum absolute atomic E-state index is 0.0377. The topological polar surface area (TPSA) is 188 Å². The van der Waals surface area contributed by atoms with Crippen molar-refractivity contribution in [3.63, 3.8) is 0 Å². The number of primary amides is 1. The number of hydrogen-bond acceptors (Lipinski definition) is 10. The van der Waals surface area contributed by atoms with Crippen molar-refractivity contribution in [2.75, 3.05) is 18.5 Å². The van der Waals surface area contributed by atoms with Crippen LogP contribution in [0, 0.1) is 10.1 Å². The molecular formula is C26H26N4O9S. The number of nitro groups is 1. The Labute approximate surface area is 232 Å². The molecule has 13 nitrogen and oxygen atoms in total. The first-order valence-corrected chi connectivity index (χ1v) is 12.7. The Morgan fingerprint density at radius 2 is 1.82 bits per heavy atom. The molecule has 14 heteroatoms. The predicted molar refractivity (Wildman–Crippen MR) is 145 cm³/mol. The van der Waals surface area contributed by atoms with E-state index in [1.54, 1.807) is 0 Å². The zero-order valence-electron chi connectivity index (χ0n) is 21.4. The van der Waals surface area contributed by atoms with Gasteiger partial charge in [0, 0.05) is 42.1 Å². The van der Waals surface area contributed by atoms with E-state index in [1.165, 1.54) is 60.4 Å². The smallest absolute Gasteiger partial charge is 0.410 e. The lowest BCUT2D eigenvalue weighted by molar-refractivity contribution is -0.384. The number of thioether (sulfide) groups is 1. The van der Waals surface area contributed by atoms with Crippen molar-refractivity contribution in [1.29, 1.82) is 0 Å². The fourth-order valence-corrected chi connectivity index (χ4v) is 4.90. The lowest BCUT2D eigenvalue weighted by Gasteiger charge is -2.23. The number of carbonyl (C=O) groups is 5. The fraction of sp³-hybridized carbons (Fsp3) is 0.269. The summed E-state index contributed by atoms with van der Waals surface area (Å²) in [5.74, 6) is -2.26. The summed E-state index contributed by atoms with van der Waals surface area (Å²) in [4.78, 5) is 73.6. The molecule has 2 aromatic carbocycles. The number of esters is 1. The van der Waals surface area contributed by atoms with Crippen LogP contribution in [-0.2, 0) is 25.7 Å². The van der Waals surface area contributed by atoms with Gasteiger partial charge in [0.2, 0.25) is 11.8 Å². The largest absolute Gasteiger partial charge is 0.458 e. The zero-order valence-corrected chi connectivity index (χ0v) is 22.2. The minimum Gasteiger partial charge on any atom is -0.458 e. The van der Waals surface area contributed by atoms with Gasteiger partial charge in [0.25, 0.3) is 5.69 Å². The van der Waals surface area contributed by atoms with Crippen LogP contribution in [-0.4, -0.2) is 63.3 Å². The summed E-state index contributed by atoms with van der Waals surface area (Å²) in [5.41, 5.74) is 5.72. The number of hydrogen-bond donors (Lipinski definition) is 2. The van der Waals surface area contributed by atoms with E-state index in [9.17, 15) is 34.1 Å². The molecule has 1 aliphatic rings. The molecule has 2 unspecified atom stereocenters. The molecule has 40 heavy (non-hydrogen) atoms. The van der Waals surface area contributed by atoms with E-state index in [2.05, 4.69) is 11.9 Å². The highest BCUT2D eigenvalue weighted by Gasteiger charge is 2.41. The van der Waals surface area contributed by atoms with Crippen LogP contribution >= 0.6 is 11.8 Å². The van der Waals surface area contributed by atoms with Crippen molar-refractivity contribution >= 4 is 52.1 Å². The Morgan fingerprint density at radius 1 is 1.15 bits per heavy atom. The fourth-order valence-electron chi connectivity index (χ4n) is 3.91. The third kappa shape index (κ3) is 7.89. The van der Waals surface area contributed by atoms with Gasteiger partial charge in [-0.1, -0.05) is 24.4 Å². The van der Waals surface area contributed by atoms with E-state index in [-0.39, 0.29) is 59.0 Å². The molecule has 3 amide bonds. The molecule has 1 heterocycles. The average Bonchev–Trinajstić information content (AvgIpc) is 3.33. The lowest BCUT2D eigenvalue weighted by atomic mass is 10.1. The van der Waals surface area contributed by atoms with Crippen LogP contribution < -0.4 is 11.1 Å². The summed E-state index contributed by atoms with van der Waals surface area (Å²) in [7, 11) is 0. The number of nitrogens with one attached hydrogen (secondary N) is 1. The van der Waals surface area contributed by atoms with Crippen molar-refractivity contribution in [3.8, 4) is 0 Å². The first-order valence-electron chi connectivity index (χ1n) is 11.9. The zero-order chi connectivity index (χ0) is 29.4. The average molecular weight is 571 g/mol. The normalized spacial score (nSPS) is 16.1. The Hall–Kier alpha value is -4.72. The Kier molecular flexibility index (Phi) is 9.97. The molecule has 2 aromatic rings. The molecule has 210 valence electrons. The van der Waals surface area contributed by atoms with E-state index < -0.39 is 34.8 Å². The van der Waals surface area contributed by atoms with E-state index >= 15 is 0 Å². The van der Waals surface area contributed by atoms with E-state index in [1.807, 2.05) is 0 Å². The molecule has 1 aliphatic heterocycles. The van der Waals surface area contributed by atoms with Gasteiger partial charge < -0.3 is 20.5 Å². The molecule has 1 fully saturated rings. The lowest BCUT2D eigenvalue weighted by Crippen LogP contribution is -2.43. The second-order valence-electron chi connectivity index (χ2n) is 8.65. The number of amides is 3. The number of rotatable bonds is 10. The number of anilines is 1. The highest BCUT2D eigenvalue weighted by atomic mass is 32.2. The number of nitrogens with two attached hydrogens (primary N) is 1. The summed E-state index contributed by atoms with van der Waals surface area (Å²) < 4.78 is 10.3. The molecule has 0 spiro atoms. The van der Waals surface area contributed by atoms with Gasteiger partial charge in [-0.15, -0.1) is 0 Å². The van der Waals surface area contributed by atoms with Gasteiger partial charge in [-0.05, 0) is 42.3 Å². The van der Waals surface area contributed by atoms with Crippen molar-refractivity contribution in [1.82, 2.24) is 4.90 Å². The van der Waals surface area contributed by atoms with Crippen molar-refractivity contribution < 1.29 is 38.4 Å². The van der Waals surface area contributed by atoms with Gasteiger partial charge in [0.1, 0.15) is 19.3 Å². The summed E-state index contributed by atoms with van der Waals surface area (Å²) >= 11 is 0.987. The molecule has 0 bridgehead atoms. The molecule has 0 radical (unpaired) electrons. The Balaban J connectivity index is 1.78. The first kappa shape index (κ1) is 29.8. The van der Waals surface area contributed by atoms with Crippen LogP contribution in [0.1, 0.15) is 39.6 Å². The second kappa shape index (κ2) is 13.4. The van der Waals surface area contributed by atoms with Gasteiger partial charge in [-0.25, -0.2) is 9.59 Å². The standard InChI is InChI=1S/C26H26N4O9S/c1-3-8-38-25(34)18-9-17(23(27)32)10-19(11-18)28-24(33)22-12-21(40-15(2)31)13-29(22)26(35)39-14-16-4-6-20(7-5-16)30(36)37/h3-7,9-11,21-22H,1,8,12-14H2,2H3,(H2,27,32)(H,28,33). The third-order valence-corrected chi connectivity index (χ3v) is 6.70. The molecule has 3 N–H and O–H groups in total. The maximum absolute atomic E-state index is 13.3. The molecule has 3 rings (SSSR count). The Bertz CT molecular complexity index is 1350. The molecule has 1 saturated heterocycles. The van der Waals surface area contributed by atoms with Gasteiger partial charge in [0.05, 0.1) is 10.5 Å². The third-order valence-electron chi connectivity index (χ3n) is 5.70. The van der Waals surface area contributed by atoms with Gasteiger partial charge in [-0.2, -0.15) is 0 Å². The monoisotopic (exact) mass is 570 g/mol. The highest BCUT2D eigenvalue weighted by molar-refractivity contribution is 8.14. The molecule has 0 aliphatic carbocycles. The summed E-state index contributed by atoms with van der Waals surface area (Å²) in [5, 5.41) is 12.9. The van der Waals surface area contributed by atoms with Gasteiger partial charge >= 0.3 is 12.1 Å². The van der Waals surface area contributed by atoms with Crippen LogP contribution in [0.25, 0.3) is 0 Å². The molecular weight excluding hydrogens is 544 g/mol. The van der Waals surface area contributed by atoms with Crippen LogP contribution in [0.3, 0.4) is 0 Å². The predicted octanol–water partition coefficient (Wildman–Crippen LogP) is 3.03. The van der Waals surface area contributed by atoms with Crippen LogP contribution in [0.5, 0.6) is 0 Å². The number of ether oxygens (including phenoxy) is 2. The minimum atomic E-state index is -1.05. The van der Waals surface area contributed by atoms with Gasteiger partial charge in [-0.3, -0.25) is 29.4 Å². The summed E-state index contributed by atoms with van der Waals surface area (Å²) in [6.45, 7) is 4.60. The number of nitro benzene ring substituents is 1. The number of benzene rings is 2. The quantitative estimate of drug-likeness (QED) is 0.186. The highest BCUT2D eigenvalue weighted by Crippen LogP contribution is 2.30. The first-order chi connectivity index (χ1) is 19.0. The van der Waals surface area contributed by atoms with E-state index in [0.717, 1.165) is 11.8 Å². The molecule has 0 aromatic heterocycles. The van der Waals surface area contributed by atoms with Crippen molar-refractivity contribution in [2.24, 2.45) is 5.73 Å². The number of carbonyl (C=O) groups excluding carboxylic acids is 5. The number of nitrogens with zero attached hydrogens (tertiary/aromatic N) is 2. The van der Waals surface area contributed by atoms with Crippen molar-refractivity contribution in [2.45, 2.75) is 31.2 Å². The Morgan fingerprint density at radius 3 is 2.42 bits per heavy atom. The second-order valence-corrected chi connectivity index (χ2v) is 10.1. The molecule has 2 atom stereocenters. The van der Waals surface area contributed by atoms with Crippen LogP contribution in [0.2, 0.25) is 0 Å². The molecule has 0 saturated carbocycles. The van der Waals surface area contributed by atoms with Gasteiger partial charge in [0.15, 0.2) is 5.12 Å². The van der Waals surface area contributed by atoms with E-state index in [0.29, 0.717) is 5.56 Å². The maximum Gasteiger partial charge on any atom is 0.410 e. The number of likely N-dealkylation sites (tertiary alicyclic amines) is 1.